The Bertz CT molecular complexity index is 342. The number of methoxy groups -OCH3 is 4. The maximum absolute atomic E-state index is 6.31. The van der Waals surface area contributed by atoms with E-state index in [2.05, 4.69) is 0 Å². The first-order chi connectivity index (χ1) is 13.5. The van der Waals surface area contributed by atoms with Crippen LogP contribution in [-0.2, 0) is 36.7 Å². The maximum Gasteiger partial charge on any atom is 0.687 e. The van der Waals surface area contributed by atoms with Crippen molar-refractivity contribution in [3.8, 4) is 0 Å². The van der Waals surface area contributed by atoms with E-state index in [1.165, 1.54) is 0 Å². The van der Waals surface area contributed by atoms with Crippen LogP contribution in [0.3, 0.4) is 0 Å². The van der Waals surface area contributed by atoms with Gasteiger partial charge in [0, 0.05) is 52.1 Å². The molecule has 0 rings (SSSR count). The van der Waals surface area contributed by atoms with Crippen LogP contribution in [-0.4, -0.2) is 62.6 Å². The van der Waals surface area contributed by atoms with E-state index in [0.29, 0.717) is 0 Å². The third-order valence-corrected chi connectivity index (χ3v) is 6.23. The summed E-state index contributed by atoms with van der Waals surface area (Å²) in [6, 6.07) is 0. The molecule has 0 radical (unpaired) electrons. The highest BCUT2D eigenvalue weighted by atomic mass is 28.4. The molecule has 0 aromatic carbocycles. The molecular formula is C20H44O8Si. The molecule has 0 fully saturated rings. The van der Waals surface area contributed by atoms with Crippen molar-refractivity contribution in [1.29, 1.82) is 0 Å². The van der Waals surface area contributed by atoms with Gasteiger partial charge in [0.05, 0.1) is 0 Å². The fraction of sp³-hybridized carbons (Fsp3) is 1.00. The van der Waals surface area contributed by atoms with Crippen LogP contribution in [0.25, 0.3) is 0 Å². The maximum atomic E-state index is 6.31. The highest BCUT2D eigenvalue weighted by Crippen LogP contribution is 2.29. The summed E-state index contributed by atoms with van der Waals surface area (Å²) in [6.07, 6.45) is -2.44. The Kier molecular flexibility index (Phi) is 14.0. The molecule has 176 valence electrons. The zero-order chi connectivity index (χ0) is 22.8. The number of hydrogen-bond acceptors (Lipinski definition) is 8. The summed E-state index contributed by atoms with van der Waals surface area (Å²) in [4.78, 5) is 0. The highest BCUT2D eigenvalue weighted by molar-refractivity contribution is 6.53. The average Bonchev–Trinajstić information content (AvgIpc) is 2.65. The van der Waals surface area contributed by atoms with Crippen molar-refractivity contribution in [3.63, 3.8) is 0 Å². The Morgan fingerprint density at radius 1 is 0.379 bits per heavy atom. The Balaban J connectivity index is 6.23. The zero-order valence-electron chi connectivity index (χ0n) is 20.4. The second-order valence-corrected chi connectivity index (χ2v) is 10.3. The van der Waals surface area contributed by atoms with Crippen LogP contribution < -0.4 is 0 Å². The minimum absolute atomic E-state index is 0.0304. The Labute approximate surface area is 178 Å². The molecule has 0 heterocycles. The smallest absolute Gasteiger partial charge is 0.356 e. The number of ether oxygens (including phenoxy) is 4. The predicted octanol–water partition coefficient (Wildman–Crippen LogP) is 4.00. The van der Waals surface area contributed by atoms with Crippen LogP contribution in [0.15, 0.2) is 0 Å². The summed E-state index contributed by atoms with van der Waals surface area (Å²) in [5, 5.41) is 0. The molecule has 0 spiro atoms. The van der Waals surface area contributed by atoms with Crippen LogP contribution in [0.2, 0.25) is 0 Å². The first kappa shape index (κ1) is 28.9. The van der Waals surface area contributed by atoms with Gasteiger partial charge in [-0.15, -0.1) is 0 Å². The van der Waals surface area contributed by atoms with E-state index in [1.54, 1.807) is 28.4 Å². The minimum atomic E-state index is -3.88. The van der Waals surface area contributed by atoms with Gasteiger partial charge in [-0.25, -0.2) is 0 Å². The molecular weight excluding hydrogens is 396 g/mol. The molecule has 0 bridgehead atoms. The van der Waals surface area contributed by atoms with Crippen molar-refractivity contribution in [2.24, 2.45) is 23.7 Å². The van der Waals surface area contributed by atoms with E-state index in [4.69, 9.17) is 36.7 Å². The molecule has 0 saturated heterocycles. The van der Waals surface area contributed by atoms with Crippen LogP contribution >= 0.6 is 0 Å². The first-order valence-corrected chi connectivity index (χ1v) is 11.9. The second kappa shape index (κ2) is 14.1. The largest absolute Gasteiger partial charge is 0.687 e. The summed E-state index contributed by atoms with van der Waals surface area (Å²) in [5.41, 5.74) is 0. The van der Waals surface area contributed by atoms with Crippen LogP contribution in [0, 0.1) is 23.7 Å². The fourth-order valence-electron chi connectivity index (χ4n) is 2.56. The van der Waals surface area contributed by atoms with Crippen LogP contribution in [0.5, 0.6) is 0 Å². The molecule has 0 saturated carbocycles. The van der Waals surface area contributed by atoms with Crippen molar-refractivity contribution in [1.82, 2.24) is 0 Å². The summed E-state index contributed by atoms with van der Waals surface area (Å²) in [5.74, 6) is 0.122. The van der Waals surface area contributed by atoms with Gasteiger partial charge >= 0.3 is 9.05 Å². The van der Waals surface area contributed by atoms with Gasteiger partial charge in [-0.05, 0) is 0 Å². The van der Waals surface area contributed by atoms with Crippen molar-refractivity contribution in [2.45, 2.75) is 80.6 Å². The standard InChI is InChI=1S/C20H44O8Si/c1-13(2)17(21-9)25-29(26-18(22-10)14(3)4,27-19(23-11)15(5)6)28-20(24-12)16(7)8/h13-20H,1-12H3. The van der Waals surface area contributed by atoms with Gasteiger partial charge < -0.3 is 36.7 Å². The Morgan fingerprint density at radius 2 is 0.552 bits per heavy atom. The summed E-state index contributed by atoms with van der Waals surface area (Å²) >= 11 is 0. The normalized spacial score (nSPS) is 19.0. The molecule has 8 nitrogen and oxygen atoms in total. The van der Waals surface area contributed by atoms with Gasteiger partial charge in [-0.2, -0.15) is 0 Å². The lowest BCUT2D eigenvalue weighted by Crippen LogP contribution is -2.60. The summed E-state index contributed by atoms with van der Waals surface area (Å²) < 4.78 is 47.4. The van der Waals surface area contributed by atoms with Crippen molar-refractivity contribution in [3.05, 3.63) is 0 Å². The highest BCUT2D eigenvalue weighted by Gasteiger charge is 2.55. The van der Waals surface area contributed by atoms with E-state index in [-0.39, 0.29) is 23.7 Å². The monoisotopic (exact) mass is 440 g/mol. The molecule has 0 aromatic heterocycles. The Morgan fingerprint density at radius 3 is 0.655 bits per heavy atom. The van der Waals surface area contributed by atoms with Gasteiger partial charge in [0.15, 0.2) is 25.2 Å². The zero-order valence-corrected chi connectivity index (χ0v) is 21.4. The molecule has 0 aliphatic heterocycles. The summed E-state index contributed by atoms with van der Waals surface area (Å²) in [7, 11) is 2.42. The second-order valence-electron chi connectivity index (χ2n) is 8.36. The SMILES string of the molecule is COC(O[Si](OC(OC)C(C)C)(OC(OC)C(C)C)OC(OC)C(C)C)C(C)C. The van der Waals surface area contributed by atoms with Gasteiger partial charge in [0.25, 0.3) is 0 Å². The van der Waals surface area contributed by atoms with Gasteiger partial charge in [-0.1, -0.05) is 55.4 Å². The first-order valence-electron chi connectivity index (χ1n) is 10.3. The molecule has 0 aliphatic rings. The van der Waals surface area contributed by atoms with E-state index >= 15 is 0 Å². The topological polar surface area (TPSA) is 73.8 Å². The van der Waals surface area contributed by atoms with Gasteiger partial charge in [0.1, 0.15) is 0 Å². The predicted molar refractivity (Wildman–Crippen MR) is 113 cm³/mol. The van der Waals surface area contributed by atoms with Crippen LogP contribution in [0.1, 0.15) is 55.4 Å². The van der Waals surface area contributed by atoms with Crippen molar-refractivity contribution >= 4 is 9.05 Å². The van der Waals surface area contributed by atoms with Crippen molar-refractivity contribution < 1.29 is 36.7 Å². The van der Waals surface area contributed by atoms with E-state index in [0.717, 1.165) is 0 Å². The molecule has 0 aliphatic carbocycles. The molecule has 9 heteroatoms. The lowest BCUT2D eigenvalue weighted by molar-refractivity contribution is -0.253. The number of rotatable bonds is 16. The molecule has 29 heavy (non-hydrogen) atoms. The average molecular weight is 441 g/mol. The minimum Gasteiger partial charge on any atom is -0.356 e. The van der Waals surface area contributed by atoms with E-state index in [9.17, 15) is 0 Å². The summed E-state index contributed by atoms with van der Waals surface area (Å²) in [6.45, 7) is 15.9. The van der Waals surface area contributed by atoms with Gasteiger partial charge in [0.2, 0.25) is 0 Å². The third kappa shape index (κ3) is 9.71. The lowest BCUT2D eigenvalue weighted by atomic mass is 10.2. The Hall–Kier alpha value is -0.103. The fourth-order valence-corrected chi connectivity index (χ4v) is 5.51. The molecule has 0 N–H and O–H groups in total. The van der Waals surface area contributed by atoms with E-state index < -0.39 is 34.2 Å². The lowest BCUT2D eigenvalue weighted by Gasteiger charge is -2.39. The van der Waals surface area contributed by atoms with E-state index in [1.807, 2.05) is 55.4 Å². The van der Waals surface area contributed by atoms with Crippen LogP contribution in [0.4, 0.5) is 0 Å². The molecule has 0 aromatic rings. The quantitative estimate of drug-likeness (QED) is 0.263. The molecule has 4 atom stereocenters. The number of hydrogen-bond donors (Lipinski definition) is 0. The molecule has 4 unspecified atom stereocenters. The third-order valence-electron chi connectivity index (χ3n) is 4.15. The molecule has 0 amide bonds. The van der Waals surface area contributed by atoms with Crippen molar-refractivity contribution in [2.75, 3.05) is 28.4 Å². The van der Waals surface area contributed by atoms with Gasteiger partial charge in [-0.3, -0.25) is 0 Å².